The van der Waals surface area contributed by atoms with Gasteiger partial charge < -0.3 is 20.3 Å². The summed E-state index contributed by atoms with van der Waals surface area (Å²) in [5, 5.41) is 6.27. The Morgan fingerprint density at radius 3 is 2.63 bits per heavy atom. The largest absolute Gasteiger partial charge is 0.450 e. The molecule has 2 aliphatic heterocycles. The fraction of sp³-hybridized carbons (Fsp3) is 0.846. The van der Waals surface area contributed by atoms with Crippen LogP contribution in [-0.2, 0) is 9.53 Å². The standard InChI is InChI=1S/C13H23N3O3/c1-2-19-13(18)16-8-5-10(6-9-16)15-12(17)11-4-3-7-14-11/h10-11,14H,2-9H2,1H3,(H,15,17). The molecule has 6 nitrogen and oxygen atoms in total. The average molecular weight is 269 g/mol. The van der Waals surface area contributed by atoms with E-state index >= 15 is 0 Å². The normalized spacial score (nSPS) is 24.3. The smallest absolute Gasteiger partial charge is 0.409 e. The molecule has 0 aromatic rings. The quantitative estimate of drug-likeness (QED) is 0.781. The molecule has 2 N–H and O–H groups in total. The highest BCUT2D eigenvalue weighted by atomic mass is 16.6. The molecule has 0 radical (unpaired) electrons. The van der Waals surface area contributed by atoms with E-state index in [0.29, 0.717) is 19.7 Å². The van der Waals surface area contributed by atoms with Gasteiger partial charge in [0.2, 0.25) is 5.91 Å². The highest BCUT2D eigenvalue weighted by Gasteiger charge is 2.27. The first-order valence-electron chi connectivity index (χ1n) is 7.16. The lowest BCUT2D eigenvalue weighted by Crippen LogP contribution is -2.50. The molecular formula is C13H23N3O3. The predicted octanol–water partition coefficient (Wildman–Crippen LogP) is 0.476. The lowest BCUT2D eigenvalue weighted by atomic mass is 10.0. The van der Waals surface area contributed by atoms with Gasteiger partial charge in [-0.05, 0) is 39.2 Å². The second-order valence-corrected chi connectivity index (χ2v) is 5.12. The Labute approximate surface area is 113 Å². The minimum atomic E-state index is -0.246. The molecule has 2 fully saturated rings. The number of carbonyl (C=O) groups is 2. The van der Waals surface area contributed by atoms with Gasteiger partial charge in [0.05, 0.1) is 12.6 Å². The number of nitrogens with one attached hydrogen (secondary N) is 2. The fourth-order valence-electron chi connectivity index (χ4n) is 2.63. The first-order chi connectivity index (χ1) is 9.20. The fourth-order valence-corrected chi connectivity index (χ4v) is 2.63. The lowest BCUT2D eigenvalue weighted by molar-refractivity contribution is -0.123. The third kappa shape index (κ3) is 3.83. The first-order valence-corrected chi connectivity index (χ1v) is 7.16. The van der Waals surface area contributed by atoms with Gasteiger partial charge in [-0.1, -0.05) is 0 Å². The van der Waals surface area contributed by atoms with Crippen LogP contribution in [0.5, 0.6) is 0 Å². The summed E-state index contributed by atoms with van der Waals surface area (Å²) in [6.45, 7) is 4.45. The van der Waals surface area contributed by atoms with Gasteiger partial charge in [0.25, 0.3) is 0 Å². The third-order valence-electron chi connectivity index (χ3n) is 3.74. The van der Waals surface area contributed by atoms with Gasteiger partial charge >= 0.3 is 6.09 Å². The van der Waals surface area contributed by atoms with Crippen LogP contribution in [0.4, 0.5) is 4.79 Å². The Morgan fingerprint density at radius 2 is 2.05 bits per heavy atom. The number of piperidine rings is 1. The number of amides is 2. The van der Waals surface area contributed by atoms with Crippen molar-refractivity contribution in [1.29, 1.82) is 0 Å². The maximum Gasteiger partial charge on any atom is 0.409 e. The molecule has 1 atom stereocenters. The lowest BCUT2D eigenvalue weighted by Gasteiger charge is -2.32. The van der Waals surface area contributed by atoms with Crippen molar-refractivity contribution in [2.75, 3.05) is 26.2 Å². The van der Waals surface area contributed by atoms with E-state index in [2.05, 4.69) is 10.6 Å². The molecule has 2 aliphatic rings. The maximum atomic E-state index is 12.0. The molecular weight excluding hydrogens is 246 g/mol. The molecule has 19 heavy (non-hydrogen) atoms. The van der Waals surface area contributed by atoms with E-state index in [0.717, 1.165) is 32.2 Å². The molecule has 2 rings (SSSR count). The summed E-state index contributed by atoms with van der Waals surface area (Å²) < 4.78 is 4.97. The average Bonchev–Trinajstić information content (AvgIpc) is 2.94. The van der Waals surface area contributed by atoms with Gasteiger partial charge in [-0.3, -0.25) is 4.79 Å². The van der Waals surface area contributed by atoms with Crippen LogP contribution < -0.4 is 10.6 Å². The second-order valence-electron chi connectivity index (χ2n) is 5.12. The maximum absolute atomic E-state index is 12.0. The number of carbonyl (C=O) groups excluding carboxylic acids is 2. The Kier molecular flexibility index (Phi) is 5.01. The number of nitrogens with zero attached hydrogens (tertiary/aromatic N) is 1. The molecule has 2 amide bonds. The number of rotatable bonds is 3. The summed E-state index contributed by atoms with van der Waals surface area (Å²) in [7, 11) is 0. The van der Waals surface area contributed by atoms with Crippen LogP contribution >= 0.6 is 0 Å². The minimum Gasteiger partial charge on any atom is -0.450 e. The van der Waals surface area contributed by atoms with Gasteiger partial charge in [-0.25, -0.2) is 4.79 Å². The summed E-state index contributed by atoms with van der Waals surface area (Å²) in [4.78, 5) is 25.2. The minimum absolute atomic E-state index is 0.0249. The van der Waals surface area contributed by atoms with Gasteiger partial charge in [0.1, 0.15) is 0 Å². The Morgan fingerprint density at radius 1 is 1.32 bits per heavy atom. The summed E-state index contributed by atoms with van der Waals surface area (Å²) in [5.74, 6) is 0.104. The summed E-state index contributed by atoms with van der Waals surface area (Å²) >= 11 is 0. The topological polar surface area (TPSA) is 70.7 Å². The molecule has 0 aromatic carbocycles. The van der Waals surface area contributed by atoms with Gasteiger partial charge in [0, 0.05) is 19.1 Å². The number of hydrogen-bond donors (Lipinski definition) is 2. The molecule has 0 aromatic heterocycles. The van der Waals surface area contributed by atoms with Gasteiger partial charge in [0.15, 0.2) is 0 Å². The monoisotopic (exact) mass is 269 g/mol. The number of likely N-dealkylation sites (tertiary alicyclic amines) is 1. The molecule has 0 saturated carbocycles. The van der Waals surface area contributed by atoms with E-state index in [9.17, 15) is 9.59 Å². The van der Waals surface area contributed by atoms with E-state index in [1.165, 1.54) is 0 Å². The van der Waals surface area contributed by atoms with E-state index < -0.39 is 0 Å². The predicted molar refractivity (Wildman–Crippen MR) is 70.8 cm³/mol. The third-order valence-corrected chi connectivity index (χ3v) is 3.74. The van der Waals surface area contributed by atoms with Crippen molar-refractivity contribution in [1.82, 2.24) is 15.5 Å². The summed E-state index contributed by atoms with van der Waals surface area (Å²) in [5.41, 5.74) is 0. The van der Waals surface area contributed by atoms with Crippen molar-refractivity contribution < 1.29 is 14.3 Å². The van der Waals surface area contributed by atoms with Crippen LogP contribution in [0, 0.1) is 0 Å². The SMILES string of the molecule is CCOC(=O)N1CCC(NC(=O)C2CCCN2)CC1. The van der Waals surface area contributed by atoms with E-state index in [-0.39, 0.29) is 24.1 Å². The first kappa shape index (κ1) is 14.1. The highest BCUT2D eigenvalue weighted by molar-refractivity contribution is 5.82. The van der Waals surface area contributed by atoms with Crippen molar-refractivity contribution in [3.63, 3.8) is 0 Å². The van der Waals surface area contributed by atoms with Gasteiger partial charge in [-0.15, -0.1) is 0 Å². The summed E-state index contributed by atoms with van der Waals surface area (Å²) in [6, 6.07) is 0.156. The Balaban J connectivity index is 1.71. The molecule has 2 heterocycles. The van der Waals surface area contributed by atoms with Crippen molar-refractivity contribution in [3.8, 4) is 0 Å². The van der Waals surface area contributed by atoms with Crippen LogP contribution in [0.25, 0.3) is 0 Å². The van der Waals surface area contributed by atoms with Crippen LogP contribution in [0.3, 0.4) is 0 Å². The Hall–Kier alpha value is -1.30. The molecule has 6 heteroatoms. The van der Waals surface area contributed by atoms with Crippen LogP contribution in [0.15, 0.2) is 0 Å². The van der Waals surface area contributed by atoms with Gasteiger partial charge in [-0.2, -0.15) is 0 Å². The number of ether oxygens (including phenoxy) is 1. The molecule has 0 bridgehead atoms. The molecule has 2 saturated heterocycles. The number of hydrogen-bond acceptors (Lipinski definition) is 4. The van der Waals surface area contributed by atoms with E-state index in [1.54, 1.807) is 11.8 Å². The van der Waals surface area contributed by atoms with Crippen LogP contribution in [0.2, 0.25) is 0 Å². The molecule has 0 spiro atoms. The zero-order valence-corrected chi connectivity index (χ0v) is 11.5. The molecule has 1 unspecified atom stereocenters. The zero-order valence-electron chi connectivity index (χ0n) is 11.5. The molecule has 0 aliphatic carbocycles. The van der Waals surface area contributed by atoms with Crippen LogP contribution in [-0.4, -0.2) is 55.2 Å². The van der Waals surface area contributed by atoms with Crippen LogP contribution in [0.1, 0.15) is 32.6 Å². The zero-order chi connectivity index (χ0) is 13.7. The van der Waals surface area contributed by atoms with Crippen molar-refractivity contribution in [2.45, 2.75) is 44.7 Å². The van der Waals surface area contributed by atoms with Crippen molar-refractivity contribution in [3.05, 3.63) is 0 Å². The van der Waals surface area contributed by atoms with E-state index in [1.807, 2.05) is 0 Å². The van der Waals surface area contributed by atoms with E-state index in [4.69, 9.17) is 4.74 Å². The Bertz CT molecular complexity index is 321. The molecule has 108 valence electrons. The van der Waals surface area contributed by atoms with Crippen molar-refractivity contribution in [2.24, 2.45) is 0 Å². The summed E-state index contributed by atoms with van der Waals surface area (Å²) in [6.07, 6.45) is 3.35. The second kappa shape index (κ2) is 6.75. The highest BCUT2D eigenvalue weighted by Crippen LogP contribution is 2.13. The van der Waals surface area contributed by atoms with Crippen molar-refractivity contribution >= 4 is 12.0 Å².